The summed E-state index contributed by atoms with van der Waals surface area (Å²) < 4.78 is 29.6. The van der Waals surface area contributed by atoms with Crippen LogP contribution in [0.1, 0.15) is 12.5 Å². The van der Waals surface area contributed by atoms with Gasteiger partial charge in [0.25, 0.3) is 0 Å². The molecule has 0 aliphatic carbocycles. The monoisotopic (exact) mass is 343 g/mol. The molecule has 0 bridgehead atoms. The van der Waals surface area contributed by atoms with E-state index in [-0.39, 0.29) is 12.3 Å². The van der Waals surface area contributed by atoms with Crippen molar-refractivity contribution in [3.63, 3.8) is 0 Å². The number of aryl methyl sites for hydroxylation is 1. The number of benzene rings is 1. The fourth-order valence-electron chi connectivity index (χ4n) is 1.56. The molecule has 0 aliphatic heterocycles. The number of nitrogens with zero attached hydrogens (tertiary/aromatic N) is 1. The fourth-order valence-corrected chi connectivity index (χ4v) is 6.59. The zero-order chi connectivity index (χ0) is 14.8. The van der Waals surface area contributed by atoms with Crippen LogP contribution in [-0.4, -0.2) is 26.2 Å². The van der Waals surface area contributed by atoms with E-state index in [4.69, 9.17) is 27.9 Å². The van der Waals surface area contributed by atoms with Gasteiger partial charge >= 0.3 is 6.64 Å². The molecule has 0 saturated heterocycles. The Labute approximate surface area is 123 Å². The quantitative estimate of drug-likeness (QED) is 0.832. The summed E-state index contributed by atoms with van der Waals surface area (Å²) in [6.45, 7) is -0.222. The van der Waals surface area contributed by atoms with Crippen LogP contribution in [0.15, 0.2) is 18.2 Å². The number of sulfonamides is 1. The van der Waals surface area contributed by atoms with Gasteiger partial charge in [-0.1, -0.05) is 11.6 Å². The third-order valence-electron chi connectivity index (χ3n) is 2.21. The van der Waals surface area contributed by atoms with Crippen molar-refractivity contribution >= 4 is 45.8 Å². The predicted molar refractivity (Wildman–Crippen MR) is 81.6 cm³/mol. The lowest BCUT2D eigenvalue weighted by atomic mass is 10.2. The van der Waals surface area contributed by atoms with Crippen molar-refractivity contribution in [1.82, 2.24) is 0 Å². The number of halogens is 1. The lowest BCUT2D eigenvalue weighted by molar-refractivity contribution is 0.328. The number of rotatable bonds is 5. The van der Waals surface area contributed by atoms with Gasteiger partial charge in [-0.05, 0) is 49.4 Å². The molecule has 1 N–H and O–H groups in total. The highest BCUT2D eigenvalue weighted by molar-refractivity contribution is 8.17. The van der Waals surface area contributed by atoms with Gasteiger partial charge in [0.2, 0.25) is 10.0 Å². The van der Waals surface area contributed by atoms with Crippen LogP contribution in [-0.2, 0) is 26.4 Å². The fraction of sp³-hybridized carbons (Fsp3) is 0.400. The molecule has 0 amide bonds. The first-order valence-electron chi connectivity index (χ1n) is 5.34. The highest BCUT2D eigenvalue weighted by Crippen LogP contribution is 2.52. The lowest BCUT2D eigenvalue weighted by Gasteiger charge is -2.30. The molecule has 108 valence electrons. The molecule has 1 unspecified atom stereocenters. The molecule has 0 radical (unpaired) electrons. The Morgan fingerprint density at radius 3 is 2.53 bits per heavy atom. The maximum Gasteiger partial charge on any atom is 0.301 e. The van der Waals surface area contributed by atoms with Crippen LogP contribution < -0.4 is 4.08 Å². The second-order valence-corrected chi connectivity index (χ2v) is 9.45. The first-order valence-corrected chi connectivity index (χ1v) is 10.2. The van der Waals surface area contributed by atoms with E-state index in [0.29, 0.717) is 10.6 Å². The predicted octanol–water partition coefficient (Wildman–Crippen LogP) is 2.67. The standard InChI is InChI=1S/C10H15ClNO4PS2/c1-4-16-17(13,18)12(19(3,14)15)10-6-5-9(11)7-8(10)2/h5-7H,4H2,1-3H3,(H,13,18). The van der Waals surface area contributed by atoms with Crippen LogP contribution in [0.3, 0.4) is 0 Å². The maximum atomic E-state index is 11.9. The van der Waals surface area contributed by atoms with Gasteiger partial charge < -0.3 is 9.42 Å². The topological polar surface area (TPSA) is 66.8 Å². The zero-order valence-corrected chi connectivity index (χ0v) is 14.0. The summed E-state index contributed by atoms with van der Waals surface area (Å²) in [5, 5.41) is 0.470. The molecule has 0 heterocycles. The average molecular weight is 344 g/mol. The Morgan fingerprint density at radius 1 is 1.53 bits per heavy atom. The largest absolute Gasteiger partial charge is 0.329 e. The van der Waals surface area contributed by atoms with Gasteiger partial charge in [-0.15, -0.1) is 0 Å². The number of hydrogen-bond acceptors (Lipinski definition) is 4. The molecule has 0 saturated carbocycles. The van der Waals surface area contributed by atoms with Crippen molar-refractivity contribution in [3.05, 3.63) is 28.8 Å². The van der Waals surface area contributed by atoms with Gasteiger partial charge in [0.1, 0.15) is 0 Å². The van der Waals surface area contributed by atoms with Gasteiger partial charge in [-0.3, -0.25) is 0 Å². The molecule has 0 spiro atoms. The van der Waals surface area contributed by atoms with Gasteiger partial charge in [0.15, 0.2) is 0 Å². The molecule has 0 fully saturated rings. The average Bonchev–Trinajstić information content (AvgIpc) is 2.19. The Bertz CT molecular complexity index is 620. The number of anilines is 1. The molecular formula is C10H15ClNO4PS2. The van der Waals surface area contributed by atoms with Crippen molar-refractivity contribution in [2.75, 3.05) is 16.9 Å². The van der Waals surface area contributed by atoms with E-state index < -0.39 is 16.7 Å². The zero-order valence-electron chi connectivity index (χ0n) is 10.7. The summed E-state index contributed by atoms with van der Waals surface area (Å²) in [6, 6.07) is 4.62. The Balaban J connectivity index is 3.46. The second kappa shape index (κ2) is 6.08. The lowest BCUT2D eigenvalue weighted by Crippen LogP contribution is -2.28. The molecule has 1 atom stereocenters. The summed E-state index contributed by atoms with van der Waals surface area (Å²) in [4.78, 5) is 10.2. The first kappa shape index (κ1) is 16.9. The first-order chi connectivity index (χ1) is 8.59. The van der Waals surface area contributed by atoms with Gasteiger partial charge in [0.05, 0.1) is 18.6 Å². The SMILES string of the molecule is CCOP(O)(=S)N(c1ccc(Cl)cc1C)S(C)(=O)=O. The number of hydrogen-bond donors (Lipinski definition) is 1. The summed E-state index contributed by atoms with van der Waals surface area (Å²) in [7, 11) is -3.77. The molecule has 0 aliphatic rings. The van der Waals surface area contributed by atoms with Crippen LogP contribution in [0.2, 0.25) is 5.02 Å². The van der Waals surface area contributed by atoms with Gasteiger partial charge in [0, 0.05) is 5.02 Å². The highest BCUT2D eigenvalue weighted by atomic mass is 35.5. The van der Waals surface area contributed by atoms with Crippen LogP contribution in [0.4, 0.5) is 5.69 Å². The molecule has 1 aromatic rings. The van der Waals surface area contributed by atoms with Crippen molar-refractivity contribution in [2.24, 2.45) is 0 Å². The minimum atomic E-state index is -3.77. The Hall–Kier alpha value is -0.170. The van der Waals surface area contributed by atoms with Crippen molar-refractivity contribution in [1.29, 1.82) is 0 Å². The Morgan fingerprint density at radius 2 is 2.11 bits per heavy atom. The minimum Gasteiger partial charge on any atom is -0.329 e. The van der Waals surface area contributed by atoms with Crippen molar-refractivity contribution in [2.45, 2.75) is 13.8 Å². The third-order valence-corrected chi connectivity index (χ3v) is 7.21. The van der Waals surface area contributed by atoms with Crippen molar-refractivity contribution in [3.8, 4) is 0 Å². The van der Waals surface area contributed by atoms with Gasteiger partial charge in [-0.2, -0.15) is 4.08 Å². The summed E-state index contributed by atoms with van der Waals surface area (Å²) in [5.74, 6) is 0. The van der Waals surface area contributed by atoms with Crippen LogP contribution in [0.25, 0.3) is 0 Å². The maximum absolute atomic E-state index is 11.9. The van der Waals surface area contributed by atoms with E-state index in [0.717, 1.165) is 10.3 Å². The van der Waals surface area contributed by atoms with Gasteiger partial charge in [-0.25, -0.2) is 8.42 Å². The van der Waals surface area contributed by atoms with E-state index >= 15 is 0 Å². The molecule has 1 aromatic carbocycles. The summed E-state index contributed by atoms with van der Waals surface area (Å²) >= 11 is 10.8. The Kier molecular flexibility index (Phi) is 5.40. The van der Waals surface area contributed by atoms with E-state index in [1.165, 1.54) is 12.1 Å². The summed E-state index contributed by atoms with van der Waals surface area (Å²) in [6.07, 6.45) is 0.970. The van der Waals surface area contributed by atoms with E-state index in [1.807, 2.05) is 0 Å². The highest BCUT2D eigenvalue weighted by Gasteiger charge is 2.33. The minimum absolute atomic E-state index is 0.117. The third kappa shape index (κ3) is 4.15. The molecule has 0 aromatic heterocycles. The smallest absolute Gasteiger partial charge is 0.301 e. The van der Waals surface area contributed by atoms with E-state index in [2.05, 4.69) is 0 Å². The summed E-state index contributed by atoms with van der Waals surface area (Å²) in [5.41, 5.74) is 0.854. The second-order valence-electron chi connectivity index (χ2n) is 3.85. The van der Waals surface area contributed by atoms with Crippen LogP contribution >= 0.6 is 18.2 Å². The molecule has 5 nitrogen and oxygen atoms in total. The van der Waals surface area contributed by atoms with Crippen LogP contribution in [0, 0.1) is 6.92 Å². The normalized spacial score (nSPS) is 15.0. The molecular weight excluding hydrogens is 329 g/mol. The van der Waals surface area contributed by atoms with Crippen LogP contribution in [0.5, 0.6) is 0 Å². The molecule has 1 rings (SSSR count). The molecule has 19 heavy (non-hydrogen) atoms. The van der Waals surface area contributed by atoms with E-state index in [1.54, 1.807) is 19.9 Å². The molecule has 9 heteroatoms. The van der Waals surface area contributed by atoms with Crippen molar-refractivity contribution < 1.29 is 17.8 Å². The van der Waals surface area contributed by atoms with E-state index in [9.17, 15) is 13.3 Å².